The molecule has 0 N–H and O–H groups in total. The molecule has 0 unspecified atom stereocenters. The Morgan fingerprint density at radius 2 is 1.03 bits per heavy atom. The molecule has 0 saturated heterocycles. The Balaban J connectivity index is 1.47. The maximum atomic E-state index is 6.03. The van der Waals surface area contributed by atoms with Crippen molar-refractivity contribution in [2.24, 2.45) is 11.8 Å². The number of hydrogen-bond acceptors (Lipinski definition) is 4. The summed E-state index contributed by atoms with van der Waals surface area (Å²) in [6.45, 7) is 15.6. The maximum absolute atomic E-state index is 6.03. The van der Waals surface area contributed by atoms with Crippen LogP contribution in [-0.4, -0.2) is 22.8 Å². The molecule has 1 fully saturated rings. The molecule has 0 atom stereocenters. The van der Waals surface area contributed by atoms with Crippen LogP contribution in [0.3, 0.4) is 0 Å². The summed E-state index contributed by atoms with van der Waals surface area (Å²) in [5.74, 6) is 0.151. The lowest BCUT2D eigenvalue weighted by Gasteiger charge is -2.38. The zero-order chi connectivity index (χ0) is 24.4. The van der Waals surface area contributed by atoms with Gasteiger partial charge in [0.25, 0.3) is 0 Å². The number of allylic oxidation sites excluding steroid dienone is 4. The second-order valence-corrected chi connectivity index (χ2v) is 11.6. The van der Waals surface area contributed by atoms with E-state index in [2.05, 4.69) is 112 Å². The minimum Gasteiger partial charge on any atom is -0.345 e. The lowest BCUT2D eigenvalue weighted by Crippen LogP contribution is -2.46. The molecule has 0 spiro atoms. The number of rotatable bonds is 4. The van der Waals surface area contributed by atoms with E-state index in [-0.39, 0.29) is 22.7 Å². The molecule has 0 bridgehead atoms. The van der Waals surface area contributed by atoms with Crippen LogP contribution < -0.4 is 9.80 Å². The van der Waals surface area contributed by atoms with Gasteiger partial charge in [0.1, 0.15) is 0 Å². The fraction of sp³-hybridized carbons (Fsp3) is 0.400. The van der Waals surface area contributed by atoms with Crippen molar-refractivity contribution in [3.63, 3.8) is 0 Å². The first-order chi connectivity index (χ1) is 16.1. The van der Waals surface area contributed by atoms with Gasteiger partial charge in [-0.25, -0.2) is 0 Å². The van der Waals surface area contributed by atoms with Gasteiger partial charge in [0.2, 0.25) is 0 Å². The number of hydrogen-bond donors (Lipinski definition) is 0. The molecule has 3 aliphatic rings. The quantitative estimate of drug-likeness (QED) is 0.416. The molecule has 4 heteroatoms. The molecule has 0 amide bonds. The van der Waals surface area contributed by atoms with Gasteiger partial charge in [-0.3, -0.25) is 0 Å². The molecule has 1 saturated carbocycles. The average Bonchev–Trinajstić information content (AvgIpc) is 3.19. The maximum Gasteiger partial charge on any atom is 0.0450 e. The zero-order valence-corrected chi connectivity index (χ0v) is 22.7. The topological polar surface area (TPSA) is 6.48 Å². The Bertz CT molecular complexity index is 1140. The van der Waals surface area contributed by atoms with E-state index in [0.717, 1.165) is 22.8 Å². The standard InChI is InChI=1S/C30H34N2S2/c1-7-31-23-15-11-9-13-21(23)29(3,4)25(31)17-19-27(33)20(28(19)34)18-26-30(5,6)22-14-10-12-16-24(22)32(26)8-2/h9-20H,7-8H2,1-6H3/b25-17+,26-18+. The van der Waals surface area contributed by atoms with E-state index in [1.807, 2.05) is 0 Å². The number of para-hydroxylation sites is 2. The summed E-state index contributed by atoms with van der Waals surface area (Å²) in [5, 5.41) is 0. The van der Waals surface area contributed by atoms with Crippen molar-refractivity contribution in [1.29, 1.82) is 0 Å². The molecule has 0 aromatic heterocycles. The van der Waals surface area contributed by atoms with Crippen molar-refractivity contribution in [3.8, 4) is 0 Å². The summed E-state index contributed by atoms with van der Waals surface area (Å²) >= 11 is 12.1. The molecule has 176 valence electrons. The normalized spacial score (nSPS) is 26.8. The van der Waals surface area contributed by atoms with E-state index in [1.54, 1.807) is 0 Å². The summed E-state index contributed by atoms with van der Waals surface area (Å²) in [6, 6.07) is 17.5. The zero-order valence-electron chi connectivity index (χ0n) is 21.1. The van der Waals surface area contributed by atoms with E-state index in [9.17, 15) is 0 Å². The third kappa shape index (κ3) is 3.18. The summed E-state index contributed by atoms with van der Waals surface area (Å²) in [7, 11) is 0. The van der Waals surface area contributed by atoms with Crippen molar-refractivity contribution >= 4 is 45.5 Å². The first-order valence-corrected chi connectivity index (χ1v) is 13.2. The predicted molar refractivity (Wildman–Crippen MR) is 153 cm³/mol. The van der Waals surface area contributed by atoms with E-state index in [4.69, 9.17) is 24.4 Å². The van der Waals surface area contributed by atoms with Gasteiger partial charge in [0, 0.05) is 68.3 Å². The highest BCUT2D eigenvalue weighted by Gasteiger charge is 2.46. The number of likely N-dealkylation sites (N-methyl/N-ethyl adjacent to an activating group) is 2. The average molecular weight is 487 g/mol. The van der Waals surface area contributed by atoms with Crippen molar-refractivity contribution in [2.45, 2.75) is 52.4 Å². The molecular weight excluding hydrogens is 452 g/mol. The molecule has 2 aliphatic heterocycles. The van der Waals surface area contributed by atoms with Gasteiger partial charge in [-0.15, -0.1) is 0 Å². The number of fused-ring (bicyclic) bond motifs is 2. The number of anilines is 2. The van der Waals surface area contributed by atoms with Crippen LogP contribution >= 0.6 is 24.4 Å². The van der Waals surface area contributed by atoms with Gasteiger partial charge in [0.05, 0.1) is 0 Å². The smallest absolute Gasteiger partial charge is 0.0450 e. The van der Waals surface area contributed by atoms with Crippen molar-refractivity contribution in [3.05, 3.63) is 83.2 Å². The molecule has 5 rings (SSSR count). The number of nitrogens with zero attached hydrogens (tertiary/aromatic N) is 2. The van der Waals surface area contributed by atoms with Crippen molar-refractivity contribution < 1.29 is 0 Å². The van der Waals surface area contributed by atoms with Crippen LogP contribution in [0.15, 0.2) is 72.1 Å². The molecule has 2 aromatic rings. The molecular formula is C30H34N2S2. The summed E-state index contributed by atoms with van der Waals surface area (Å²) in [5.41, 5.74) is 7.89. The predicted octanol–water partition coefficient (Wildman–Crippen LogP) is 7.38. The van der Waals surface area contributed by atoms with Crippen molar-refractivity contribution in [2.75, 3.05) is 22.9 Å². The third-order valence-electron chi connectivity index (χ3n) is 8.11. The monoisotopic (exact) mass is 486 g/mol. The highest BCUT2D eigenvalue weighted by molar-refractivity contribution is 7.84. The van der Waals surface area contributed by atoms with E-state index < -0.39 is 0 Å². The number of benzene rings is 2. The third-order valence-corrected chi connectivity index (χ3v) is 9.12. The Morgan fingerprint density at radius 3 is 1.38 bits per heavy atom. The molecule has 2 heterocycles. The Labute approximate surface area is 215 Å². The van der Waals surface area contributed by atoms with E-state index in [0.29, 0.717) is 0 Å². The van der Waals surface area contributed by atoms with Crippen LogP contribution in [0.4, 0.5) is 11.4 Å². The highest BCUT2D eigenvalue weighted by Crippen LogP contribution is 2.51. The Kier molecular flexibility index (Phi) is 5.61. The van der Waals surface area contributed by atoms with E-state index in [1.165, 1.54) is 33.9 Å². The van der Waals surface area contributed by atoms with Gasteiger partial charge < -0.3 is 9.80 Å². The summed E-state index contributed by atoms with van der Waals surface area (Å²) in [4.78, 5) is 6.97. The Hall–Kier alpha value is -2.30. The second kappa shape index (κ2) is 8.13. The highest BCUT2D eigenvalue weighted by atomic mass is 32.1. The Morgan fingerprint density at radius 1 is 0.676 bits per heavy atom. The van der Waals surface area contributed by atoms with Gasteiger partial charge in [-0.1, -0.05) is 101 Å². The molecule has 2 aromatic carbocycles. The van der Waals surface area contributed by atoms with Gasteiger partial charge in [-0.2, -0.15) is 0 Å². The number of thiocarbonyl (C=S) groups is 2. The first kappa shape index (κ1) is 23.4. The lowest BCUT2D eigenvalue weighted by molar-refractivity contribution is 0.624. The minimum atomic E-state index is -0.0600. The molecule has 34 heavy (non-hydrogen) atoms. The van der Waals surface area contributed by atoms with Crippen LogP contribution in [0.25, 0.3) is 0 Å². The summed E-state index contributed by atoms with van der Waals surface area (Å²) < 4.78 is 0. The van der Waals surface area contributed by atoms with E-state index >= 15 is 0 Å². The van der Waals surface area contributed by atoms with Crippen LogP contribution in [0.1, 0.15) is 52.7 Å². The van der Waals surface area contributed by atoms with Gasteiger partial charge in [0.15, 0.2) is 0 Å². The largest absolute Gasteiger partial charge is 0.345 e. The molecule has 1 aliphatic carbocycles. The fourth-order valence-electron chi connectivity index (χ4n) is 6.18. The molecule has 2 nitrogen and oxygen atoms in total. The van der Waals surface area contributed by atoms with Crippen LogP contribution in [-0.2, 0) is 10.8 Å². The van der Waals surface area contributed by atoms with Gasteiger partial charge in [-0.05, 0) is 37.1 Å². The molecule has 0 radical (unpaired) electrons. The lowest BCUT2D eigenvalue weighted by atomic mass is 9.70. The minimum absolute atomic E-state index is 0.0600. The summed E-state index contributed by atoms with van der Waals surface area (Å²) in [6.07, 6.45) is 4.71. The first-order valence-electron chi connectivity index (χ1n) is 12.4. The van der Waals surface area contributed by atoms with Crippen molar-refractivity contribution in [1.82, 2.24) is 0 Å². The second-order valence-electron chi connectivity index (χ2n) is 10.6. The van der Waals surface area contributed by atoms with Crippen LogP contribution in [0.5, 0.6) is 0 Å². The SMILES string of the molecule is CCN1/C(=C/C2C(=S)C(/C=C3/N(CC)c4ccccc4C3(C)C)C2=S)C(C)(C)c2ccccc21. The van der Waals surface area contributed by atoms with Crippen LogP contribution in [0, 0.1) is 11.8 Å². The van der Waals surface area contributed by atoms with Gasteiger partial charge >= 0.3 is 0 Å². The fourth-order valence-corrected chi connectivity index (χ4v) is 7.11. The van der Waals surface area contributed by atoms with Crippen LogP contribution in [0.2, 0.25) is 0 Å².